The number of hydrogen-bond acceptors (Lipinski definition) is 4. The number of thiophene rings is 1. The van der Waals surface area contributed by atoms with Crippen molar-refractivity contribution < 1.29 is 8.42 Å². The molecule has 2 rings (SSSR count). The van der Waals surface area contributed by atoms with Crippen molar-refractivity contribution in [3.8, 4) is 0 Å². The van der Waals surface area contributed by atoms with Crippen LogP contribution in [0.5, 0.6) is 0 Å². The first-order valence-corrected chi connectivity index (χ1v) is 8.71. The highest BCUT2D eigenvalue weighted by Crippen LogP contribution is 2.24. The van der Waals surface area contributed by atoms with Crippen LogP contribution in [0.1, 0.15) is 18.5 Å². The minimum atomic E-state index is -3.56. The van der Waals surface area contributed by atoms with Gasteiger partial charge in [-0.2, -0.15) is 11.3 Å². The number of benzene rings is 1. The van der Waals surface area contributed by atoms with Gasteiger partial charge in [0, 0.05) is 16.2 Å². The second-order valence-corrected chi connectivity index (χ2v) is 7.43. The minimum absolute atomic E-state index is 0.190. The molecule has 0 saturated heterocycles. The Morgan fingerprint density at radius 2 is 2.11 bits per heavy atom. The third kappa shape index (κ3) is 3.36. The Kier molecular flexibility index (Phi) is 4.29. The van der Waals surface area contributed by atoms with Gasteiger partial charge < -0.3 is 5.73 Å². The molecule has 2 aromatic rings. The number of nitrogens with one attached hydrogen (secondary N) is 1. The van der Waals surface area contributed by atoms with Crippen molar-refractivity contribution in [1.29, 1.82) is 0 Å². The Balaban J connectivity index is 2.25. The van der Waals surface area contributed by atoms with Crippen LogP contribution < -0.4 is 10.5 Å². The first-order valence-electron chi connectivity index (χ1n) is 5.49. The van der Waals surface area contributed by atoms with E-state index in [-0.39, 0.29) is 10.9 Å². The molecule has 19 heavy (non-hydrogen) atoms. The second-order valence-electron chi connectivity index (χ2n) is 4.08. The summed E-state index contributed by atoms with van der Waals surface area (Å²) >= 11 is 4.76. The second kappa shape index (κ2) is 5.62. The van der Waals surface area contributed by atoms with Crippen molar-refractivity contribution in [1.82, 2.24) is 4.72 Å². The van der Waals surface area contributed by atoms with Crippen LogP contribution in [0.4, 0.5) is 5.69 Å². The lowest BCUT2D eigenvalue weighted by Crippen LogP contribution is -2.26. The highest BCUT2D eigenvalue weighted by atomic mass is 79.9. The molecule has 0 aliphatic carbocycles. The van der Waals surface area contributed by atoms with Crippen LogP contribution in [0.3, 0.4) is 0 Å². The summed E-state index contributed by atoms with van der Waals surface area (Å²) in [7, 11) is -3.56. The summed E-state index contributed by atoms with van der Waals surface area (Å²) in [6.45, 7) is 1.81. The summed E-state index contributed by atoms with van der Waals surface area (Å²) in [6, 6.07) is 6.18. The Hall–Kier alpha value is -0.890. The molecule has 0 amide bonds. The van der Waals surface area contributed by atoms with Gasteiger partial charge >= 0.3 is 0 Å². The molecule has 0 aliphatic heterocycles. The van der Waals surface area contributed by atoms with Crippen molar-refractivity contribution in [2.75, 3.05) is 5.73 Å². The monoisotopic (exact) mass is 360 g/mol. The standard InChI is InChI=1S/C12H13BrN2O2S2/c1-8(9-4-5-18-7-9)15-19(16,17)10-2-3-12(14)11(13)6-10/h2-8,15H,14H2,1H3. The van der Waals surface area contributed by atoms with Crippen molar-refractivity contribution in [2.24, 2.45) is 0 Å². The minimum Gasteiger partial charge on any atom is -0.398 e. The fourth-order valence-electron chi connectivity index (χ4n) is 1.57. The van der Waals surface area contributed by atoms with Crippen LogP contribution >= 0.6 is 27.3 Å². The van der Waals surface area contributed by atoms with Crippen LogP contribution in [0.15, 0.2) is 44.4 Å². The van der Waals surface area contributed by atoms with Gasteiger partial charge in [0.05, 0.1) is 4.90 Å². The first kappa shape index (κ1) is 14.5. The summed E-state index contributed by atoms with van der Waals surface area (Å²) in [5.41, 5.74) is 7.10. The zero-order valence-corrected chi connectivity index (χ0v) is 13.3. The average Bonchev–Trinajstić information content (AvgIpc) is 2.85. The van der Waals surface area contributed by atoms with Gasteiger partial charge in [-0.15, -0.1) is 0 Å². The zero-order chi connectivity index (χ0) is 14.0. The third-order valence-corrected chi connectivity index (χ3v) is 5.58. The van der Waals surface area contributed by atoms with Crippen LogP contribution in [-0.4, -0.2) is 8.42 Å². The number of rotatable bonds is 4. The van der Waals surface area contributed by atoms with Crippen LogP contribution in [0.2, 0.25) is 0 Å². The maximum atomic E-state index is 12.2. The molecule has 1 unspecified atom stereocenters. The smallest absolute Gasteiger partial charge is 0.241 e. The number of hydrogen-bond donors (Lipinski definition) is 2. The van der Waals surface area contributed by atoms with Gasteiger partial charge in [-0.1, -0.05) is 0 Å². The van der Waals surface area contributed by atoms with E-state index in [9.17, 15) is 8.42 Å². The average molecular weight is 361 g/mol. The molecule has 1 aromatic carbocycles. The lowest BCUT2D eigenvalue weighted by molar-refractivity contribution is 0.567. The van der Waals surface area contributed by atoms with E-state index < -0.39 is 10.0 Å². The third-order valence-electron chi connectivity index (χ3n) is 2.66. The number of nitrogen functional groups attached to an aromatic ring is 1. The van der Waals surface area contributed by atoms with Gasteiger partial charge in [0.1, 0.15) is 0 Å². The first-order chi connectivity index (χ1) is 8.90. The summed E-state index contributed by atoms with van der Waals surface area (Å²) < 4.78 is 27.7. The predicted molar refractivity (Wildman–Crippen MR) is 81.6 cm³/mol. The molecular weight excluding hydrogens is 348 g/mol. The van der Waals surface area contributed by atoms with E-state index in [0.717, 1.165) is 5.56 Å². The molecule has 1 aromatic heterocycles. The molecule has 7 heteroatoms. The lowest BCUT2D eigenvalue weighted by Gasteiger charge is -2.13. The molecule has 4 nitrogen and oxygen atoms in total. The van der Waals surface area contributed by atoms with Gasteiger partial charge in [0.25, 0.3) is 0 Å². The van der Waals surface area contributed by atoms with Gasteiger partial charge in [-0.05, 0) is 63.4 Å². The van der Waals surface area contributed by atoms with E-state index in [2.05, 4.69) is 20.7 Å². The fourth-order valence-corrected chi connectivity index (χ4v) is 4.11. The quantitative estimate of drug-likeness (QED) is 0.822. The fraction of sp³-hybridized carbons (Fsp3) is 0.167. The highest BCUT2D eigenvalue weighted by Gasteiger charge is 2.19. The maximum Gasteiger partial charge on any atom is 0.241 e. The number of nitrogens with two attached hydrogens (primary N) is 1. The van der Waals surface area contributed by atoms with E-state index in [1.165, 1.54) is 23.5 Å². The van der Waals surface area contributed by atoms with Crippen molar-refractivity contribution in [2.45, 2.75) is 17.9 Å². The Bertz CT molecular complexity index is 669. The molecule has 0 fully saturated rings. The lowest BCUT2D eigenvalue weighted by atomic mass is 10.2. The van der Waals surface area contributed by atoms with Crippen molar-refractivity contribution >= 4 is 43.0 Å². The molecular formula is C12H13BrN2O2S2. The van der Waals surface area contributed by atoms with Gasteiger partial charge in [0.2, 0.25) is 10.0 Å². The summed E-state index contributed by atoms with van der Waals surface area (Å²) in [5, 5.41) is 3.84. The molecule has 0 aliphatic rings. The van der Waals surface area contributed by atoms with E-state index in [1.807, 2.05) is 23.8 Å². The van der Waals surface area contributed by atoms with Crippen molar-refractivity contribution in [3.05, 3.63) is 45.1 Å². The Morgan fingerprint density at radius 3 is 2.68 bits per heavy atom. The highest BCUT2D eigenvalue weighted by molar-refractivity contribution is 9.10. The SMILES string of the molecule is CC(NS(=O)(=O)c1ccc(N)c(Br)c1)c1ccsc1. The molecule has 1 atom stereocenters. The molecule has 0 spiro atoms. The molecule has 0 saturated carbocycles. The maximum absolute atomic E-state index is 12.2. The van der Waals surface area contributed by atoms with Gasteiger partial charge in [-0.25, -0.2) is 13.1 Å². The predicted octanol–water partition coefficient (Wildman–Crippen LogP) is 3.13. The number of sulfonamides is 1. The van der Waals surface area contributed by atoms with Gasteiger partial charge in [-0.3, -0.25) is 0 Å². The largest absolute Gasteiger partial charge is 0.398 e. The number of halogens is 1. The van der Waals surface area contributed by atoms with Gasteiger partial charge in [0.15, 0.2) is 0 Å². The Labute approximate surface area is 124 Å². The van der Waals surface area contributed by atoms with E-state index >= 15 is 0 Å². The summed E-state index contributed by atoms with van der Waals surface area (Å²) in [5.74, 6) is 0. The molecule has 3 N–H and O–H groups in total. The molecule has 0 radical (unpaired) electrons. The van der Waals surface area contributed by atoms with Crippen LogP contribution in [0.25, 0.3) is 0 Å². The topological polar surface area (TPSA) is 72.2 Å². The van der Waals surface area contributed by atoms with E-state index in [0.29, 0.717) is 10.2 Å². The molecule has 1 heterocycles. The Morgan fingerprint density at radius 1 is 1.37 bits per heavy atom. The molecule has 102 valence electrons. The normalized spacial score (nSPS) is 13.4. The number of anilines is 1. The van der Waals surface area contributed by atoms with Crippen LogP contribution in [0, 0.1) is 0 Å². The van der Waals surface area contributed by atoms with Crippen molar-refractivity contribution in [3.63, 3.8) is 0 Å². The van der Waals surface area contributed by atoms with E-state index in [4.69, 9.17) is 5.73 Å². The van der Waals surface area contributed by atoms with E-state index in [1.54, 1.807) is 6.07 Å². The molecule has 0 bridgehead atoms. The van der Waals surface area contributed by atoms with Crippen LogP contribution in [-0.2, 0) is 10.0 Å². The summed E-state index contributed by atoms with van der Waals surface area (Å²) in [6.07, 6.45) is 0. The zero-order valence-electron chi connectivity index (χ0n) is 10.1. The summed E-state index contributed by atoms with van der Waals surface area (Å²) in [4.78, 5) is 0.190.